The largest absolute Gasteiger partial charge is 0.492 e. The first-order chi connectivity index (χ1) is 9.66. The van der Waals surface area contributed by atoms with Crippen LogP contribution in [-0.2, 0) is 6.42 Å². The molecule has 2 rings (SSSR count). The van der Waals surface area contributed by atoms with Crippen molar-refractivity contribution in [2.75, 3.05) is 6.61 Å². The fraction of sp³-hybridized carbons (Fsp3) is 0.294. The maximum absolute atomic E-state index is 5.86. The van der Waals surface area contributed by atoms with Crippen molar-refractivity contribution in [2.24, 2.45) is 5.73 Å². The molecule has 1 unspecified atom stereocenters. The van der Waals surface area contributed by atoms with E-state index in [0.29, 0.717) is 6.61 Å². The molecule has 0 amide bonds. The van der Waals surface area contributed by atoms with Crippen LogP contribution < -0.4 is 10.5 Å². The van der Waals surface area contributed by atoms with Gasteiger partial charge >= 0.3 is 0 Å². The van der Waals surface area contributed by atoms with Crippen LogP contribution in [0.2, 0.25) is 0 Å². The zero-order valence-corrected chi connectivity index (χ0v) is 13.3. The SMILES string of the molecule is CC(N)c1ccc(OCCCc2ccccc2)c(Br)c1. The maximum Gasteiger partial charge on any atom is 0.133 e. The van der Waals surface area contributed by atoms with Crippen LogP contribution in [0.15, 0.2) is 53.0 Å². The first-order valence-corrected chi connectivity index (χ1v) is 7.68. The Bertz CT molecular complexity index is 540. The topological polar surface area (TPSA) is 35.2 Å². The second-order valence-electron chi connectivity index (χ2n) is 4.92. The van der Waals surface area contributed by atoms with Gasteiger partial charge in [-0.2, -0.15) is 0 Å². The molecule has 0 fully saturated rings. The maximum atomic E-state index is 5.86. The Labute approximate surface area is 129 Å². The third kappa shape index (κ3) is 4.36. The van der Waals surface area contributed by atoms with E-state index in [0.717, 1.165) is 28.6 Å². The predicted molar refractivity (Wildman–Crippen MR) is 87.0 cm³/mol. The van der Waals surface area contributed by atoms with E-state index < -0.39 is 0 Å². The Hall–Kier alpha value is -1.32. The van der Waals surface area contributed by atoms with Gasteiger partial charge in [0.05, 0.1) is 11.1 Å². The normalized spacial score (nSPS) is 12.2. The third-order valence-electron chi connectivity index (χ3n) is 3.19. The highest BCUT2D eigenvalue weighted by Crippen LogP contribution is 2.28. The smallest absolute Gasteiger partial charge is 0.133 e. The Morgan fingerprint density at radius 1 is 1.15 bits per heavy atom. The molecule has 0 aliphatic rings. The van der Waals surface area contributed by atoms with Gasteiger partial charge in [-0.1, -0.05) is 36.4 Å². The molecule has 0 radical (unpaired) electrons. The molecule has 2 N–H and O–H groups in total. The fourth-order valence-electron chi connectivity index (χ4n) is 2.02. The Balaban J connectivity index is 1.82. The molecule has 2 aromatic carbocycles. The van der Waals surface area contributed by atoms with Crippen LogP contribution in [0.4, 0.5) is 0 Å². The van der Waals surface area contributed by atoms with Crippen molar-refractivity contribution in [3.63, 3.8) is 0 Å². The summed E-state index contributed by atoms with van der Waals surface area (Å²) in [5.41, 5.74) is 8.31. The molecule has 2 nitrogen and oxygen atoms in total. The van der Waals surface area contributed by atoms with Gasteiger partial charge in [0.15, 0.2) is 0 Å². The molecule has 0 aliphatic carbocycles. The minimum Gasteiger partial charge on any atom is -0.492 e. The van der Waals surface area contributed by atoms with Crippen LogP contribution in [0.1, 0.15) is 30.5 Å². The molecule has 0 saturated heterocycles. The number of halogens is 1. The number of nitrogens with two attached hydrogens (primary N) is 1. The Kier molecular flexibility index (Phi) is 5.62. The molecule has 0 bridgehead atoms. The molecule has 3 heteroatoms. The molecule has 1 atom stereocenters. The summed E-state index contributed by atoms with van der Waals surface area (Å²) in [5, 5.41) is 0. The van der Waals surface area contributed by atoms with Gasteiger partial charge in [-0.05, 0) is 59.0 Å². The van der Waals surface area contributed by atoms with Crippen LogP contribution >= 0.6 is 15.9 Å². The van der Waals surface area contributed by atoms with E-state index in [1.54, 1.807) is 0 Å². The highest BCUT2D eigenvalue weighted by molar-refractivity contribution is 9.10. The van der Waals surface area contributed by atoms with E-state index in [-0.39, 0.29) is 6.04 Å². The minimum atomic E-state index is 0.0402. The molecule has 0 aromatic heterocycles. The van der Waals surface area contributed by atoms with Crippen molar-refractivity contribution in [1.82, 2.24) is 0 Å². The standard InChI is InChI=1S/C17H20BrNO/c1-13(19)15-9-10-17(16(18)12-15)20-11-5-8-14-6-3-2-4-7-14/h2-4,6-7,9-10,12-13H,5,8,11,19H2,1H3. The first kappa shape index (κ1) is 15.1. The lowest BCUT2D eigenvalue weighted by atomic mass is 10.1. The third-order valence-corrected chi connectivity index (χ3v) is 3.81. The fourth-order valence-corrected chi connectivity index (χ4v) is 2.53. The van der Waals surface area contributed by atoms with E-state index in [1.807, 2.05) is 31.2 Å². The summed E-state index contributed by atoms with van der Waals surface area (Å²) < 4.78 is 6.77. The van der Waals surface area contributed by atoms with Gasteiger partial charge in [0, 0.05) is 6.04 Å². The Morgan fingerprint density at radius 3 is 2.55 bits per heavy atom. The van der Waals surface area contributed by atoms with Gasteiger partial charge in [0.1, 0.15) is 5.75 Å². The predicted octanol–water partition coefficient (Wildman–Crippen LogP) is 4.48. The zero-order chi connectivity index (χ0) is 14.4. The van der Waals surface area contributed by atoms with E-state index in [4.69, 9.17) is 10.5 Å². The lowest BCUT2D eigenvalue weighted by Gasteiger charge is -2.11. The number of hydrogen-bond acceptors (Lipinski definition) is 2. The van der Waals surface area contributed by atoms with Crippen LogP contribution in [0.3, 0.4) is 0 Å². The number of rotatable bonds is 6. The quantitative estimate of drug-likeness (QED) is 0.791. The van der Waals surface area contributed by atoms with Crippen LogP contribution in [-0.4, -0.2) is 6.61 Å². The van der Waals surface area contributed by atoms with Gasteiger partial charge in [-0.25, -0.2) is 0 Å². The highest BCUT2D eigenvalue weighted by Gasteiger charge is 2.05. The second kappa shape index (κ2) is 7.46. The van der Waals surface area contributed by atoms with Crippen molar-refractivity contribution in [3.8, 4) is 5.75 Å². The minimum absolute atomic E-state index is 0.0402. The summed E-state index contributed by atoms with van der Waals surface area (Å²) in [4.78, 5) is 0. The van der Waals surface area contributed by atoms with Crippen molar-refractivity contribution in [1.29, 1.82) is 0 Å². The number of benzene rings is 2. The van der Waals surface area contributed by atoms with Crippen LogP contribution in [0.25, 0.3) is 0 Å². The summed E-state index contributed by atoms with van der Waals surface area (Å²) in [6.45, 7) is 2.69. The zero-order valence-electron chi connectivity index (χ0n) is 11.7. The number of aryl methyl sites for hydroxylation is 1. The molecule has 20 heavy (non-hydrogen) atoms. The van der Waals surface area contributed by atoms with Gasteiger partial charge < -0.3 is 10.5 Å². The first-order valence-electron chi connectivity index (χ1n) is 6.88. The molecule has 0 heterocycles. The molecule has 0 saturated carbocycles. The van der Waals surface area contributed by atoms with Crippen molar-refractivity contribution < 1.29 is 4.74 Å². The summed E-state index contributed by atoms with van der Waals surface area (Å²) in [5.74, 6) is 0.877. The average Bonchev–Trinajstić information content (AvgIpc) is 2.46. The van der Waals surface area contributed by atoms with Gasteiger partial charge in [-0.3, -0.25) is 0 Å². The molecule has 2 aromatic rings. The van der Waals surface area contributed by atoms with Crippen molar-refractivity contribution >= 4 is 15.9 Å². The molecular formula is C17H20BrNO. The summed E-state index contributed by atoms with van der Waals surface area (Å²) in [6.07, 6.45) is 2.04. The summed E-state index contributed by atoms with van der Waals surface area (Å²) >= 11 is 3.53. The summed E-state index contributed by atoms with van der Waals surface area (Å²) in [7, 11) is 0. The Morgan fingerprint density at radius 2 is 1.90 bits per heavy atom. The van der Waals surface area contributed by atoms with Crippen molar-refractivity contribution in [3.05, 3.63) is 64.1 Å². The monoisotopic (exact) mass is 333 g/mol. The number of hydrogen-bond donors (Lipinski definition) is 1. The lowest BCUT2D eigenvalue weighted by Crippen LogP contribution is -2.05. The number of ether oxygens (including phenoxy) is 1. The van der Waals surface area contributed by atoms with Gasteiger partial charge in [0.2, 0.25) is 0 Å². The average molecular weight is 334 g/mol. The van der Waals surface area contributed by atoms with E-state index in [1.165, 1.54) is 5.56 Å². The lowest BCUT2D eigenvalue weighted by molar-refractivity contribution is 0.309. The van der Waals surface area contributed by atoms with E-state index >= 15 is 0 Å². The molecule has 106 valence electrons. The van der Waals surface area contributed by atoms with Crippen LogP contribution in [0, 0.1) is 0 Å². The molecular weight excluding hydrogens is 314 g/mol. The molecule has 0 spiro atoms. The molecule has 0 aliphatic heterocycles. The second-order valence-corrected chi connectivity index (χ2v) is 5.77. The van der Waals surface area contributed by atoms with E-state index in [9.17, 15) is 0 Å². The van der Waals surface area contributed by atoms with Gasteiger partial charge in [-0.15, -0.1) is 0 Å². The summed E-state index contributed by atoms with van der Waals surface area (Å²) in [6, 6.07) is 16.5. The van der Waals surface area contributed by atoms with Crippen molar-refractivity contribution in [2.45, 2.75) is 25.8 Å². The highest BCUT2D eigenvalue weighted by atomic mass is 79.9. The van der Waals surface area contributed by atoms with E-state index in [2.05, 4.69) is 40.2 Å². The van der Waals surface area contributed by atoms with Crippen LogP contribution in [0.5, 0.6) is 5.75 Å². The van der Waals surface area contributed by atoms with Gasteiger partial charge in [0.25, 0.3) is 0 Å².